The van der Waals surface area contributed by atoms with E-state index in [0.29, 0.717) is 0 Å². The molecule has 2 aliphatic rings. The highest BCUT2D eigenvalue weighted by Crippen LogP contribution is 2.36. The van der Waals surface area contributed by atoms with Crippen LogP contribution in [0.4, 0.5) is 0 Å². The van der Waals surface area contributed by atoms with Gasteiger partial charge in [-0.05, 0) is 43.4 Å². The summed E-state index contributed by atoms with van der Waals surface area (Å²) >= 11 is 2.64. The van der Waals surface area contributed by atoms with E-state index in [2.05, 4.69) is 29.5 Å². The second-order valence-electron chi connectivity index (χ2n) is 6.32. The molecule has 0 amide bonds. The van der Waals surface area contributed by atoms with E-state index in [0.717, 1.165) is 21.7 Å². The molecule has 16 heavy (non-hydrogen) atoms. The Hall–Kier alpha value is 0.730. The van der Waals surface area contributed by atoms with Crippen LogP contribution in [0.1, 0.15) is 71.1 Å². The van der Waals surface area contributed by atoms with Gasteiger partial charge in [0.15, 0.2) is 0 Å². The average Bonchev–Trinajstić information content (AvgIpc) is 2.30. The highest BCUT2D eigenvalue weighted by molar-refractivity contribution is 14.1. The molecule has 0 aromatic heterocycles. The molecule has 0 unspecified atom stereocenters. The van der Waals surface area contributed by atoms with Crippen LogP contribution < -0.4 is 0 Å². The molecule has 0 heterocycles. The first-order chi connectivity index (χ1) is 7.74. The van der Waals surface area contributed by atoms with Gasteiger partial charge in [0.1, 0.15) is 0 Å². The van der Waals surface area contributed by atoms with E-state index in [-0.39, 0.29) is 0 Å². The summed E-state index contributed by atoms with van der Waals surface area (Å²) in [6, 6.07) is 0. The molecule has 0 bridgehead atoms. The van der Waals surface area contributed by atoms with Crippen LogP contribution in [0.25, 0.3) is 0 Å². The normalized spacial score (nSPS) is 40.9. The Morgan fingerprint density at radius 1 is 0.750 bits per heavy atom. The maximum Gasteiger partial charge on any atom is 0.0110 e. The molecule has 2 rings (SSSR count). The molecule has 94 valence electrons. The van der Waals surface area contributed by atoms with Gasteiger partial charge in [0, 0.05) is 3.92 Å². The van der Waals surface area contributed by atoms with Crippen molar-refractivity contribution >= 4 is 22.6 Å². The monoisotopic (exact) mass is 334 g/mol. The Kier molecular flexibility index (Phi) is 5.44. The molecule has 0 saturated heterocycles. The highest BCUT2D eigenvalue weighted by Gasteiger charge is 2.22. The van der Waals surface area contributed by atoms with Gasteiger partial charge in [-0.15, -0.1) is 0 Å². The van der Waals surface area contributed by atoms with Crippen LogP contribution in [-0.2, 0) is 0 Å². The fourth-order valence-corrected chi connectivity index (χ4v) is 4.22. The second kappa shape index (κ2) is 6.61. The fraction of sp³-hybridized carbons (Fsp3) is 1.00. The molecule has 1 heteroatoms. The van der Waals surface area contributed by atoms with Crippen LogP contribution in [0.15, 0.2) is 0 Å². The Balaban J connectivity index is 1.60. The van der Waals surface area contributed by atoms with Crippen molar-refractivity contribution in [3.8, 4) is 0 Å². The second-order valence-corrected chi connectivity index (χ2v) is 8.08. The number of rotatable bonds is 3. The molecule has 2 saturated carbocycles. The zero-order chi connectivity index (χ0) is 11.4. The standard InChI is InChI=1S/C15H27I/c1-12-2-4-13(5-3-12)6-7-14-8-10-15(16)11-9-14/h12-15H,2-11H2,1H3. The first-order valence-corrected chi connectivity index (χ1v) is 8.62. The van der Waals surface area contributed by atoms with E-state index in [1.807, 2.05) is 0 Å². The van der Waals surface area contributed by atoms with Gasteiger partial charge in [-0.25, -0.2) is 0 Å². The number of hydrogen-bond donors (Lipinski definition) is 0. The molecule has 0 aromatic carbocycles. The van der Waals surface area contributed by atoms with E-state index in [9.17, 15) is 0 Å². The van der Waals surface area contributed by atoms with Crippen LogP contribution in [0, 0.1) is 17.8 Å². The summed E-state index contributed by atoms with van der Waals surface area (Å²) in [5.41, 5.74) is 0. The summed E-state index contributed by atoms with van der Waals surface area (Å²) < 4.78 is 0.990. The summed E-state index contributed by atoms with van der Waals surface area (Å²) in [5, 5.41) is 0. The number of hydrogen-bond acceptors (Lipinski definition) is 0. The zero-order valence-corrected chi connectivity index (χ0v) is 12.9. The van der Waals surface area contributed by atoms with Crippen molar-refractivity contribution in [2.45, 2.75) is 75.1 Å². The third-order valence-electron chi connectivity index (χ3n) is 4.89. The van der Waals surface area contributed by atoms with Gasteiger partial charge < -0.3 is 0 Å². The number of alkyl halides is 1. The van der Waals surface area contributed by atoms with E-state index < -0.39 is 0 Å². The van der Waals surface area contributed by atoms with E-state index in [1.54, 1.807) is 12.8 Å². The Bertz CT molecular complexity index is 164. The van der Waals surface area contributed by atoms with E-state index in [4.69, 9.17) is 0 Å². The molecule has 0 aromatic rings. The lowest BCUT2D eigenvalue weighted by Gasteiger charge is -2.29. The van der Waals surface area contributed by atoms with Crippen molar-refractivity contribution in [3.63, 3.8) is 0 Å². The molecule has 0 radical (unpaired) electrons. The summed E-state index contributed by atoms with van der Waals surface area (Å²) in [6.45, 7) is 2.43. The molecule has 2 fully saturated rings. The molecule has 0 spiro atoms. The van der Waals surface area contributed by atoms with E-state index in [1.165, 1.54) is 51.4 Å². The average molecular weight is 334 g/mol. The van der Waals surface area contributed by atoms with Crippen LogP contribution in [0.2, 0.25) is 0 Å². The van der Waals surface area contributed by atoms with Crippen LogP contribution in [-0.4, -0.2) is 3.92 Å². The van der Waals surface area contributed by atoms with Gasteiger partial charge in [-0.2, -0.15) is 0 Å². The Labute approximate surface area is 115 Å². The Morgan fingerprint density at radius 2 is 1.19 bits per heavy atom. The summed E-state index contributed by atoms with van der Waals surface area (Å²) in [5.74, 6) is 3.20. The lowest BCUT2D eigenvalue weighted by molar-refractivity contribution is 0.246. The topological polar surface area (TPSA) is 0 Å². The predicted octanol–water partition coefficient (Wildman–Crippen LogP) is 5.59. The third kappa shape index (κ3) is 4.19. The van der Waals surface area contributed by atoms with Crippen LogP contribution in [0.5, 0.6) is 0 Å². The fourth-order valence-electron chi connectivity index (χ4n) is 3.50. The minimum absolute atomic E-state index is 0.990. The first kappa shape index (κ1) is 13.2. The number of halogens is 1. The molecule has 0 atom stereocenters. The quantitative estimate of drug-likeness (QED) is 0.466. The molecule has 0 aliphatic heterocycles. The Morgan fingerprint density at radius 3 is 1.69 bits per heavy atom. The molecule has 2 aliphatic carbocycles. The summed E-state index contributed by atoms with van der Waals surface area (Å²) in [4.78, 5) is 0. The predicted molar refractivity (Wildman–Crippen MR) is 80.1 cm³/mol. The van der Waals surface area contributed by atoms with Crippen molar-refractivity contribution in [2.75, 3.05) is 0 Å². The summed E-state index contributed by atoms with van der Waals surface area (Å²) in [6.07, 6.45) is 15.2. The lowest BCUT2D eigenvalue weighted by Crippen LogP contribution is -2.17. The highest BCUT2D eigenvalue weighted by atomic mass is 127. The molecular weight excluding hydrogens is 307 g/mol. The molecular formula is C15H27I. The largest absolute Gasteiger partial charge is 0.0826 e. The SMILES string of the molecule is CC1CCC(CCC2CCC(I)CC2)CC1. The maximum absolute atomic E-state index is 2.64. The van der Waals surface area contributed by atoms with Crippen molar-refractivity contribution in [1.82, 2.24) is 0 Å². The van der Waals surface area contributed by atoms with Gasteiger partial charge >= 0.3 is 0 Å². The maximum atomic E-state index is 2.64. The zero-order valence-electron chi connectivity index (χ0n) is 10.8. The molecule has 0 N–H and O–H groups in total. The minimum atomic E-state index is 0.990. The van der Waals surface area contributed by atoms with E-state index >= 15 is 0 Å². The van der Waals surface area contributed by atoms with Crippen molar-refractivity contribution < 1.29 is 0 Å². The first-order valence-electron chi connectivity index (χ1n) is 7.38. The van der Waals surface area contributed by atoms with Gasteiger partial charge in [0.05, 0.1) is 0 Å². The van der Waals surface area contributed by atoms with Gasteiger partial charge in [0.25, 0.3) is 0 Å². The van der Waals surface area contributed by atoms with Crippen LogP contribution >= 0.6 is 22.6 Å². The van der Waals surface area contributed by atoms with Crippen molar-refractivity contribution in [2.24, 2.45) is 17.8 Å². The summed E-state index contributed by atoms with van der Waals surface area (Å²) in [7, 11) is 0. The smallest absolute Gasteiger partial charge is 0.0110 e. The van der Waals surface area contributed by atoms with Gasteiger partial charge in [-0.1, -0.05) is 68.0 Å². The van der Waals surface area contributed by atoms with Crippen molar-refractivity contribution in [1.29, 1.82) is 0 Å². The third-order valence-corrected chi connectivity index (χ3v) is 6.14. The van der Waals surface area contributed by atoms with Crippen LogP contribution in [0.3, 0.4) is 0 Å². The molecule has 0 nitrogen and oxygen atoms in total. The lowest BCUT2D eigenvalue weighted by atomic mass is 9.78. The minimum Gasteiger partial charge on any atom is -0.0826 e. The van der Waals surface area contributed by atoms with Crippen molar-refractivity contribution in [3.05, 3.63) is 0 Å². The van der Waals surface area contributed by atoms with Gasteiger partial charge in [-0.3, -0.25) is 0 Å². The van der Waals surface area contributed by atoms with Gasteiger partial charge in [0.2, 0.25) is 0 Å².